The first-order chi connectivity index (χ1) is 9.97. The van der Waals surface area contributed by atoms with Crippen LogP contribution in [-0.2, 0) is 0 Å². The molecular weight excluding hydrogens is 268 g/mol. The van der Waals surface area contributed by atoms with Gasteiger partial charge in [-0.2, -0.15) is 10.5 Å². The molecule has 0 aliphatic carbocycles. The summed E-state index contributed by atoms with van der Waals surface area (Å²) in [6.07, 6.45) is -0.911. The molecule has 1 saturated heterocycles. The van der Waals surface area contributed by atoms with Crippen LogP contribution in [0.2, 0.25) is 0 Å². The third-order valence-electron chi connectivity index (χ3n) is 3.81. The molecule has 0 bridgehead atoms. The number of carboxylic acid groups (broad SMARTS) is 1. The minimum absolute atomic E-state index is 0.0109. The van der Waals surface area contributed by atoms with Gasteiger partial charge in [-0.05, 0) is 32.0 Å². The number of hydrogen-bond donors (Lipinski definition) is 1. The third-order valence-corrected chi connectivity index (χ3v) is 3.81. The van der Waals surface area contributed by atoms with E-state index in [4.69, 9.17) is 15.6 Å². The van der Waals surface area contributed by atoms with E-state index in [0.29, 0.717) is 24.2 Å². The van der Waals surface area contributed by atoms with E-state index in [2.05, 4.69) is 4.90 Å². The highest BCUT2D eigenvalue weighted by Crippen LogP contribution is 2.25. The standard InChI is InChI=1S/C15H16N4O2/c1-10-9-19(15(20)21)11(2)8-18(10)14-4-3-12(6-16)13(5-14)7-17/h3-5,10-11H,8-9H2,1-2H3,(H,20,21)/t10-,11+/m0/s1. The smallest absolute Gasteiger partial charge is 0.407 e. The van der Waals surface area contributed by atoms with Crippen molar-refractivity contribution in [3.63, 3.8) is 0 Å². The monoisotopic (exact) mass is 284 g/mol. The van der Waals surface area contributed by atoms with Crippen molar-refractivity contribution in [2.75, 3.05) is 18.0 Å². The van der Waals surface area contributed by atoms with Gasteiger partial charge in [0, 0.05) is 30.9 Å². The van der Waals surface area contributed by atoms with Gasteiger partial charge in [-0.15, -0.1) is 0 Å². The van der Waals surface area contributed by atoms with Crippen LogP contribution in [0, 0.1) is 22.7 Å². The van der Waals surface area contributed by atoms with Crippen LogP contribution in [0.15, 0.2) is 18.2 Å². The van der Waals surface area contributed by atoms with Crippen LogP contribution >= 0.6 is 0 Å². The van der Waals surface area contributed by atoms with Gasteiger partial charge in [0.25, 0.3) is 0 Å². The van der Waals surface area contributed by atoms with Crippen LogP contribution in [0.3, 0.4) is 0 Å². The van der Waals surface area contributed by atoms with Crippen molar-refractivity contribution in [2.45, 2.75) is 25.9 Å². The number of rotatable bonds is 1. The summed E-state index contributed by atoms with van der Waals surface area (Å²) in [6, 6.07) is 9.03. The second-order valence-corrected chi connectivity index (χ2v) is 5.24. The normalized spacial score (nSPS) is 21.5. The lowest BCUT2D eigenvalue weighted by atomic mass is 10.0. The molecule has 0 unspecified atom stereocenters. The highest BCUT2D eigenvalue weighted by Gasteiger charge is 2.32. The van der Waals surface area contributed by atoms with Gasteiger partial charge in [-0.25, -0.2) is 4.79 Å². The van der Waals surface area contributed by atoms with Gasteiger partial charge in [0.05, 0.1) is 11.1 Å². The number of amides is 1. The molecule has 2 rings (SSSR count). The van der Waals surface area contributed by atoms with Gasteiger partial charge >= 0.3 is 6.09 Å². The van der Waals surface area contributed by atoms with Crippen molar-refractivity contribution in [3.05, 3.63) is 29.3 Å². The fraction of sp³-hybridized carbons (Fsp3) is 0.400. The van der Waals surface area contributed by atoms with Crippen molar-refractivity contribution in [3.8, 4) is 12.1 Å². The van der Waals surface area contributed by atoms with Crippen LogP contribution in [0.1, 0.15) is 25.0 Å². The van der Waals surface area contributed by atoms with Gasteiger partial charge in [0.15, 0.2) is 0 Å². The molecule has 21 heavy (non-hydrogen) atoms. The molecule has 108 valence electrons. The van der Waals surface area contributed by atoms with Gasteiger partial charge in [0.2, 0.25) is 0 Å². The zero-order valence-corrected chi connectivity index (χ0v) is 11.9. The van der Waals surface area contributed by atoms with E-state index in [-0.39, 0.29) is 12.1 Å². The summed E-state index contributed by atoms with van der Waals surface area (Å²) < 4.78 is 0. The molecule has 1 heterocycles. The summed E-state index contributed by atoms with van der Waals surface area (Å²) >= 11 is 0. The van der Waals surface area contributed by atoms with Crippen molar-refractivity contribution in [1.29, 1.82) is 10.5 Å². The molecule has 6 heteroatoms. The minimum Gasteiger partial charge on any atom is -0.465 e. The number of nitriles is 2. The molecule has 1 N–H and O–H groups in total. The van der Waals surface area contributed by atoms with Gasteiger partial charge < -0.3 is 14.9 Å². The second kappa shape index (κ2) is 5.72. The molecule has 1 aliphatic heterocycles. The number of anilines is 1. The number of hydrogen-bond acceptors (Lipinski definition) is 4. The van der Waals surface area contributed by atoms with E-state index >= 15 is 0 Å². The number of piperazine rings is 1. The van der Waals surface area contributed by atoms with Crippen LogP contribution in [-0.4, -0.2) is 41.3 Å². The van der Waals surface area contributed by atoms with E-state index in [0.717, 1.165) is 5.69 Å². The predicted molar refractivity (Wildman–Crippen MR) is 76.9 cm³/mol. The SMILES string of the molecule is C[C@@H]1CN(c2ccc(C#N)c(C#N)c2)[C@@H](C)CN1C(=O)O. The Morgan fingerprint density at radius 2 is 1.86 bits per heavy atom. The molecular formula is C15H16N4O2. The van der Waals surface area contributed by atoms with Crippen LogP contribution < -0.4 is 4.90 Å². The third kappa shape index (κ3) is 2.75. The zero-order chi connectivity index (χ0) is 15.6. The summed E-state index contributed by atoms with van der Waals surface area (Å²) in [4.78, 5) is 14.7. The minimum atomic E-state index is -0.911. The van der Waals surface area contributed by atoms with Crippen LogP contribution in [0.25, 0.3) is 0 Å². The Labute approximate surface area is 123 Å². The quantitative estimate of drug-likeness (QED) is 0.851. The maximum Gasteiger partial charge on any atom is 0.407 e. The maximum atomic E-state index is 11.2. The second-order valence-electron chi connectivity index (χ2n) is 5.24. The van der Waals surface area contributed by atoms with E-state index in [1.54, 1.807) is 18.2 Å². The number of nitrogens with zero attached hydrogens (tertiary/aromatic N) is 4. The number of carbonyl (C=O) groups is 1. The van der Waals surface area contributed by atoms with E-state index in [1.165, 1.54) is 4.90 Å². The van der Waals surface area contributed by atoms with E-state index in [1.807, 2.05) is 26.0 Å². The largest absolute Gasteiger partial charge is 0.465 e. The Hall–Kier alpha value is -2.73. The Kier molecular flexibility index (Phi) is 4.00. The Bertz CT molecular complexity index is 644. The lowest BCUT2D eigenvalue weighted by Gasteiger charge is -2.44. The molecule has 1 aromatic carbocycles. The first-order valence-electron chi connectivity index (χ1n) is 6.68. The molecule has 1 fully saturated rings. The van der Waals surface area contributed by atoms with Gasteiger partial charge in [-0.3, -0.25) is 0 Å². The molecule has 0 radical (unpaired) electrons. The molecule has 2 atom stereocenters. The Morgan fingerprint density at radius 1 is 1.19 bits per heavy atom. The van der Waals surface area contributed by atoms with Gasteiger partial charge in [0.1, 0.15) is 12.1 Å². The summed E-state index contributed by atoms with van der Waals surface area (Å²) in [5.41, 5.74) is 1.54. The predicted octanol–water partition coefficient (Wildman–Crippen LogP) is 2.01. The summed E-state index contributed by atoms with van der Waals surface area (Å²) in [6.45, 7) is 4.79. The maximum absolute atomic E-state index is 11.2. The molecule has 1 amide bonds. The van der Waals surface area contributed by atoms with Crippen molar-refractivity contribution in [2.24, 2.45) is 0 Å². The van der Waals surface area contributed by atoms with Crippen LogP contribution in [0.5, 0.6) is 0 Å². The average molecular weight is 284 g/mol. The highest BCUT2D eigenvalue weighted by atomic mass is 16.4. The highest BCUT2D eigenvalue weighted by molar-refractivity contribution is 5.66. The van der Waals surface area contributed by atoms with E-state index in [9.17, 15) is 4.79 Å². The van der Waals surface area contributed by atoms with Gasteiger partial charge in [-0.1, -0.05) is 0 Å². The Balaban J connectivity index is 2.30. The molecule has 0 aromatic heterocycles. The first kappa shape index (κ1) is 14.7. The van der Waals surface area contributed by atoms with Crippen molar-refractivity contribution >= 4 is 11.8 Å². The molecule has 6 nitrogen and oxygen atoms in total. The fourth-order valence-corrected chi connectivity index (χ4v) is 2.65. The molecule has 0 spiro atoms. The lowest BCUT2D eigenvalue weighted by molar-refractivity contribution is 0.114. The van der Waals surface area contributed by atoms with Crippen molar-refractivity contribution in [1.82, 2.24) is 4.90 Å². The fourth-order valence-electron chi connectivity index (χ4n) is 2.65. The van der Waals surface area contributed by atoms with Crippen molar-refractivity contribution < 1.29 is 9.90 Å². The lowest BCUT2D eigenvalue weighted by Crippen LogP contribution is -2.58. The Morgan fingerprint density at radius 3 is 2.43 bits per heavy atom. The number of benzene rings is 1. The first-order valence-corrected chi connectivity index (χ1v) is 6.68. The zero-order valence-electron chi connectivity index (χ0n) is 11.9. The van der Waals surface area contributed by atoms with E-state index < -0.39 is 6.09 Å². The summed E-state index contributed by atoms with van der Waals surface area (Å²) in [7, 11) is 0. The summed E-state index contributed by atoms with van der Waals surface area (Å²) in [5, 5.41) is 27.2. The molecule has 0 saturated carbocycles. The average Bonchev–Trinajstić information content (AvgIpc) is 2.48. The topological polar surface area (TPSA) is 91.4 Å². The summed E-state index contributed by atoms with van der Waals surface area (Å²) in [5.74, 6) is 0. The molecule has 1 aliphatic rings. The molecule has 1 aromatic rings. The van der Waals surface area contributed by atoms with Crippen LogP contribution in [0.4, 0.5) is 10.5 Å².